The quantitative estimate of drug-likeness (QED) is 0.631. The number of thiophene rings is 1. The van der Waals surface area contributed by atoms with E-state index in [9.17, 15) is 4.79 Å². The van der Waals surface area contributed by atoms with E-state index in [1.54, 1.807) is 23.7 Å². The highest BCUT2D eigenvalue weighted by Crippen LogP contribution is 2.28. The van der Waals surface area contributed by atoms with E-state index in [1.165, 1.54) is 11.8 Å². The number of carbonyl (C=O) groups is 1. The number of anilines is 2. The Bertz CT molecular complexity index is 878. The zero-order valence-electron chi connectivity index (χ0n) is 14.2. The Morgan fingerprint density at radius 3 is 2.96 bits per heavy atom. The Balaban J connectivity index is 1.57. The molecule has 1 aromatic carbocycles. The normalized spacial score (nSPS) is 10.6. The van der Waals surface area contributed by atoms with Gasteiger partial charge in [0.15, 0.2) is 0 Å². The number of hydrogen-bond donors (Lipinski definition) is 2. The van der Waals surface area contributed by atoms with E-state index in [4.69, 9.17) is 4.74 Å². The molecule has 7 heteroatoms. The zero-order chi connectivity index (χ0) is 17.6. The Morgan fingerprint density at radius 1 is 1.28 bits per heavy atom. The average Bonchev–Trinajstić information content (AvgIpc) is 3.02. The van der Waals surface area contributed by atoms with Crippen molar-refractivity contribution in [3.63, 3.8) is 0 Å². The fourth-order valence-corrected chi connectivity index (χ4v) is 3.36. The molecule has 2 aromatic heterocycles. The van der Waals surface area contributed by atoms with Crippen LogP contribution in [0.3, 0.4) is 0 Å². The molecule has 1 amide bonds. The third-order valence-electron chi connectivity index (χ3n) is 3.55. The lowest BCUT2D eigenvalue weighted by atomic mass is 10.3. The number of amides is 1. The zero-order valence-corrected chi connectivity index (χ0v) is 15.0. The second kappa shape index (κ2) is 7.94. The van der Waals surface area contributed by atoms with Gasteiger partial charge in [0.25, 0.3) is 0 Å². The number of benzene rings is 1. The summed E-state index contributed by atoms with van der Waals surface area (Å²) in [5.74, 6) is 1.44. The average molecular weight is 356 g/mol. The fraction of sp³-hybridized carbons (Fsp3) is 0.278. The summed E-state index contributed by atoms with van der Waals surface area (Å²) < 4.78 is 5.73. The van der Waals surface area contributed by atoms with Gasteiger partial charge in [-0.05, 0) is 24.6 Å². The van der Waals surface area contributed by atoms with Gasteiger partial charge in [0.1, 0.15) is 29.3 Å². The van der Waals surface area contributed by atoms with E-state index in [-0.39, 0.29) is 5.91 Å². The van der Waals surface area contributed by atoms with Crippen molar-refractivity contribution in [2.75, 3.05) is 23.8 Å². The third kappa shape index (κ3) is 4.45. The predicted octanol–water partition coefficient (Wildman–Crippen LogP) is 3.70. The Labute approximate surface area is 150 Å². The number of fused-ring (bicyclic) bond motifs is 1. The number of aryl methyl sites for hydroxylation is 1. The first kappa shape index (κ1) is 17.2. The second-order valence-electron chi connectivity index (χ2n) is 5.49. The van der Waals surface area contributed by atoms with Crippen molar-refractivity contribution in [1.82, 2.24) is 9.97 Å². The lowest BCUT2D eigenvalue weighted by Crippen LogP contribution is -2.13. The summed E-state index contributed by atoms with van der Waals surface area (Å²) in [6.45, 7) is 4.72. The van der Waals surface area contributed by atoms with Crippen LogP contribution in [0, 0.1) is 0 Å². The molecule has 6 nitrogen and oxygen atoms in total. The number of nitrogens with zero attached hydrogens (tertiary/aromatic N) is 2. The molecule has 2 N–H and O–H groups in total. The first-order valence-electron chi connectivity index (χ1n) is 8.13. The molecule has 3 aromatic rings. The molecule has 3 rings (SSSR count). The molecule has 0 fully saturated rings. The molecular formula is C18H20N4O2S. The van der Waals surface area contributed by atoms with Gasteiger partial charge >= 0.3 is 0 Å². The minimum Gasteiger partial charge on any atom is -0.492 e. The van der Waals surface area contributed by atoms with Crippen molar-refractivity contribution >= 4 is 39.0 Å². The van der Waals surface area contributed by atoms with Gasteiger partial charge in [0, 0.05) is 23.6 Å². The molecule has 0 unspecified atom stereocenters. The van der Waals surface area contributed by atoms with Gasteiger partial charge in [0.05, 0.1) is 11.9 Å². The van der Waals surface area contributed by atoms with Crippen molar-refractivity contribution in [2.45, 2.75) is 20.3 Å². The number of aromatic nitrogens is 2. The van der Waals surface area contributed by atoms with Crippen LogP contribution in [0.5, 0.6) is 5.75 Å². The largest absolute Gasteiger partial charge is 0.492 e. The van der Waals surface area contributed by atoms with Crippen molar-refractivity contribution < 1.29 is 9.53 Å². The van der Waals surface area contributed by atoms with Gasteiger partial charge in [-0.2, -0.15) is 0 Å². The lowest BCUT2D eigenvalue weighted by molar-refractivity contribution is -0.114. The van der Waals surface area contributed by atoms with E-state index in [1.807, 2.05) is 18.2 Å². The number of rotatable bonds is 7. The maximum Gasteiger partial charge on any atom is 0.221 e. The topological polar surface area (TPSA) is 76.1 Å². The van der Waals surface area contributed by atoms with Crippen LogP contribution in [-0.2, 0) is 11.2 Å². The van der Waals surface area contributed by atoms with Crippen LogP contribution < -0.4 is 15.4 Å². The van der Waals surface area contributed by atoms with Gasteiger partial charge in [-0.3, -0.25) is 4.79 Å². The summed E-state index contributed by atoms with van der Waals surface area (Å²) in [5, 5.41) is 7.09. The van der Waals surface area contributed by atoms with E-state index < -0.39 is 0 Å². The summed E-state index contributed by atoms with van der Waals surface area (Å²) >= 11 is 1.70. The number of ether oxygens (including phenoxy) is 1. The van der Waals surface area contributed by atoms with Crippen LogP contribution in [0.25, 0.3) is 10.2 Å². The maximum absolute atomic E-state index is 11.1. The van der Waals surface area contributed by atoms with Crippen LogP contribution in [0.15, 0.2) is 36.7 Å². The SMILES string of the molecule is CCc1cc2c(NCCOc3cccc(NC(C)=O)c3)ncnc2s1. The molecule has 0 bridgehead atoms. The lowest BCUT2D eigenvalue weighted by Gasteiger charge is -2.10. The van der Waals surface area contributed by atoms with Gasteiger partial charge in [-0.1, -0.05) is 13.0 Å². The van der Waals surface area contributed by atoms with Crippen molar-refractivity contribution in [3.05, 3.63) is 41.5 Å². The van der Waals surface area contributed by atoms with E-state index >= 15 is 0 Å². The van der Waals surface area contributed by atoms with Crippen LogP contribution in [0.1, 0.15) is 18.7 Å². The van der Waals surface area contributed by atoms with Crippen LogP contribution in [-0.4, -0.2) is 29.0 Å². The summed E-state index contributed by atoms with van der Waals surface area (Å²) in [4.78, 5) is 22.0. The molecule has 2 heterocycles. The summed E-state index contributed by atoms with van der Waals surface area (Å²) in [6.07, 6.45) is 2.58. The highest BCUT2D eigenvalue weighted by Gasteiger charge is 2.07. The van der Waals surface area contributed by atoms with Gasteiger partial charge in [-0.15, -0.1) is 11.3 Å². The van der Waals surface area contributed by atoms with Gasteiger partial charge < -0.3 is 15.4 Å². The standard InChI is InChI=1S/C18H20N4O2S/c1-3-15-10-16-17(20-11-21-18(16)25-15)19-7-8-24-14-6-4-5-13(9-14)22-12(2)23/h4-6,9-11H,3,7-8H2,1-2H3,(H,22,23)(H,19,20,21). The molecule has 0 aliphatic heterocycles. The Morgan fingerprint density at radius 2 is 2.16 bits per heavy atom. The minimum absolute atomic E-state index is 0.103. The monoisotopic (exact) mass is 356 g/mol. The molecule has 0 saturated carbocycles. The van der Waals surface area contributed by atoms with E-state index in [0.29, 0.717) is 18.9 Å². The summed E-state index contributed by atoms with van der Waals surface area (Å²) in [5.41, 5.74) is 0.723. The molecule has 25 heavy (non-hydrogen) atoms. The number of carbonyl (C=O) groups excluding carboxylic acids is 1. The first-order valence-corrected chi connectivity index (χ1v) is 8.95. The van der Waals surface area contributed by atoms with Crippen molar-refractivity contribution in [2.24, 2.45) is 0 Å². The summed E-state index contributed by atoms with van der Waals surface area (Å²) in [6, 6.07) is 9.48. The molecule has 0 atom stereocenters. The number of hydrogen-bond acceptors (Lipinski definition) is 6. The molecule has 0 radical (unpaired) electrons. The molecular weight excluding hydrogens is 336 g/mol. The minimum atomic E-state index is -0.103. The highest BCUT2D eigenvalue weighted by molar-refractivity contribution is 7.18. The highest BCUT2D eigenvalue weighted by atomic mass is 32.1. The van der Waals surface area contributed by atoms with Crippen LogP contribution in [0.4, 0.5) is 11.5 Å². The Hall–Kier alpha value is -2.67. The van der Waals surface area contributed by atoms with Crippen LogP contribution in [0.2, 0.25) is 0 Å². The van der Waals surface area contributed by atoms with Crippen LogP contribution >= 0.6 is 11.3 Å². The first-order chi connectivity index (χ1) is 12.2. The van der Waals surface area contributed by atoms with Crippen molar-refractivity contribution in [3.8, 4) is 5.75 Å². The molecule has 0 spiro atoms. The van der Waals surface area contributed by atoms with Gasteiger partial charge in [-0.25, -0.2) is 9.97 Å². The predicted molar refractivity (Wildman–Crippen MR) is 102 cm³/mol. The fourth-order valence-electron chi connectivity index (χ4n) is 2.43. The molecule has 0 aliphatic rings. The molecule has 130 valence electrons. The maximum atomic E-state index is 11.1. The van der Waals surface area contributed by atoms with E-state index in [2.05, 4.69) is 33.6 Å². The summed E-state index contributed by atoms with van der Waals surface area (Å²) in [7, 11) is 0. The number of nitrogens with one attached hydrogen (secondary N) is 2. The smallest absolute Gasteiger partial charge is 0.221 e. The Kier molecular flexibility index (Phi) is 5.45. The molecule has 0 saturated heterocycles. The second-order valence-corrected chi connectivity index (χ2v) is 6.61. The van der Waals surface area contributed by atoms with E-state index in [0.717, 1.165) is 28.1 Å². The van der Waals surface area contributed by atoms with Gasteiger partial charge in [0.2, 0.25) is 5.91 Å². The van der Waals surface area contributed by atoms with Crippen molar-refractivity contribution in [1.29, 1.82) is 0 Å². The third-order valence-corrected chi connectivity index (χ3v) is 4.73. The molecule has 0 aliphatic carbocycles.